The quantitative estimate of drug-likeness (QED) is 0.509. The first-order chi connectivity index (χ1) is 13.5. The van der Waals surface area contributed by atoms with Gasteiger partial charge in [-0.3, -0.25) is 10.1 Å². The first-order valence-corrected chi connectivity index (χ1v) is 8.16. The molecule has 0 aliphatic rings. The number of non-ortho nitro benzene ring substituents is 1. The second kappa shape index (κ2) is 7.78. The predicted molar refractivity (Wildman–Crippen MR) is 104 cm³/mol. The highest BCUT2D eigenvalue weighted by atomic mass is 16.6. The van der Waals surface area contributed by atoms with Crippen LogP contribution in [0.2, 0.25) is 0 Å². The summed E-state index contributed by atoms with van der Waals surface area (Å²) >= 11 is 0. The van der Waals surface area contributed by atoms with Crippen LogP contribution in [0.3, 0.4) is 0 Å². The molecule has 3 aromatic rings. The van der Waals surface area contributed by atoms with Gasteiger partial charge in [0.25, 0.3) is 5.69 Å². The third-order valence-electron chi connectivity index (χ3n) is 4.08. The molecule has 28 heavy (non-hydrogen) atoms. The van der Waals surface area contributed by atoms with Crippen molar-refractivity contribution in [3.63, 3.8) is 0 Å². The lowest BCUT2D eigenvalue weighted by molar-refractivity contribution is -0.384. The van der Waals surface area contributed by atoms with E-state index in [1.54, 1.807) is 30.3 Å². The molecule has 0 unspecified atom stereocenters. The van der Waals surface area contributed by atoms with Gasteiger partial charge in [0.15, 0.2) is 11.5 Å². The third-order valence-corrected chi connectivity index (χ3v) is 4.08. The van der Waals surface area contributed by atoms with Crippen LogP contribution < -0.4 is 19.9 Å². The fourth-order valence-electron chi connectivity index (χ4n) is 2.74. The number of hydrogen-bond acceptors (Lipinski definition) is 8. The van der Waals surface area contributed by atoms with Gasteiger partial charge in [-0.05, 0) is 30.3 Å². The van der Waals surface area contributed by atoms with E-state index in [0.29, 0.717) is 39.8 Å². The second-order valence-corrected chi connectivity index (χ2v) is 5.71. The molecular weight excluding hydrogens is 364 g/mol. The Labute approximate surface area is 160 Å². The fraction of sp³-hybridized carbons (Fsp3) is 0.158. The van der Waals surface area contributed by atoms with E-state index in [1.807, 2.05) is 0 Å². The van der Waals surface area contributed by atoms with Crippen LogP contribution in [-0.4, -0.2) is 36.2 Å². The molecule has 3 rings (SSSR count). The van der Waals surface area contributed by atoms with Crippen molar-refractivity contribution in [2.24, 2.45) is 0 Å². The van der Waals surface area contributed by atoms with E-state index in [4.69, 9.17) is 19.9 Å². The SMILES string of the molecule is COc1cc(-c2cc(-c3ccc([N+](=O)[O-])cc3)nc(N)n2)cc(OC)c1OC. The van der Waals surface area contributed by atoms with Crippen LogP contribution in [0.25, 0.3) is 22.5 Å². The van der Waals surface area contributed by atoms with Crippen molar-refractivity contribution in [2.45, 2.75) is 0 Å². The molecular formula is C19H18N4O5. The van der Waals surface area contributed by atoms with E-state index in [2.05, 4.69) is 9.97 Å². The zero-order valence-electron chi connectivity index (χ0n) is 15.5. The minimum Gasteiger partial charge on any atom is -0.493 e. The van der Waals surface area contributed by atoms with Crippen LogP contribution in [0.15, 0.2) is 42.5 Å². The molecule has 0 amide bonds. The van der Waals surface area contributed by atoms with Crippen molar-refractivity contribution in [1.82, 2.24) is 9.97 Å². The third kappa shape index (κ3) is 3.63. The first kappa shape index (κ1) is 18.9. The van der Waals surface area contributed by atoms with Crippen molar-refractivity contribution in [1.29, 1.82) is 0 Å². The molecule has 0 saturated carbocycles. The molecule has 9 nitrogen and oxygen atoms in total. The monoisotopic (exact) mass is 382 g/mol. The van der Waals surface area contributed by atoms with Crippen molar-refractivity contribution < 1.29 is 19.1 Å². The molecule has 0 fully saturated rings. The number of ether oxygens (including phenoxy) is 3. The summed E-state index contributed by atoms with van der Waals surface area (Å²) in [5.74, 6) is 1.49. The Balaban J connectivity index is 2.10. The molecule has 2 N–H and O–H groups in total. The van der Waals surface area contributed by atoms with Gasteiger partial charge in [-0.2, -0.15) is 0 Å². The number of nitro groups is 1. The van der Waals surface area contributed by atoms with Crippen LogP contribution in [0.5, 0.6) is 17.2 Å². The van der Waals surface area contributed by atoms with E-state index in [-0.39, 0.29) is 11.6 Å². The van der Waals surface area contributed by atoms with Gasteiger partial charge >= 0.3 is 0 Å². The average Bonchev–Trinajstić information content (AvgIpc) is 2.72. The lowest BCUT2D eigenvalue weighted by Crippen LogP contribution is -2.00. The largest absolute Gasteiger partial charge is 0.493 e. The number of anilines is 1. The summed E-state index contributed by atoms with van der Waals surface area (Å²) in [5, 5.41) is 10.8. The summed E-state index contributed by atoms with van der Waals surface area (Å²) in [6, 6.07) is 11.3. The molecule has 0 aliphatic carbocycles. The summed E-state index contributed by atoms with van der Waals surface area (Å²) in [6.45, 7) is 0. The average molecular weight is 382 g/mol. The predicted octanol–water partition coefficient (Wildman–Crippen LogP) is 3.33. The standard InChI is InChI=1S/C19H18N4O5/c1-26-16-8-12(9-17(27-2)18(16)28-3)15-10-14(21-19(20)22-15)11-4-6-13(7-5-11)23(24)25/h4-10H,1-3H3,(H2,20,21,22). The van der Waals surface area contributed by atoms with Gasteiger partial charge in [0.1, 0.15) is 0 Å². The molecule has 1 heterocycles. The second-order valence-electron chi connectivity index (χ2n) is 5.71. The maximum Gasteiger partial charge on any atom is 0.269 e. The van der Waals surface area contributed by atoms with Gasteiger partial charge in [0, 0.05) is 23.3 Å². The molecule has 9 heteroatoms. The molecule has 0 spiro atoms. The smallest absolute Gasteiger partial charge is 0.269 e. The number of hydrogen-bond donors (Lipinski definition) is 1. The van der Waals surface area contributed by atoms with Crippen molar-refractivity contribution in [3.8, 4) is 39.8 Å². The Bertz CT molecular complexity index is 996. The Morgan fingerprint density at radius 1 is 0.857 bits per heavy atom. The molecule has 0 bridgehead atoms. The summed E-state index contributed by atoms with van der Waals surface area (Å²) in [7, 11) is 4.57. The van der Waals surface area contributed by atoms with E-state index in [1.165, 1.54) is 33.5 Å². The van der Waals surface area contributed by atoms with Crippen LogP contribution in [-0.2, 0) is 0 Å². The molecule has 0 atom stereocenters. The number of nitrogens with two attached hydrogens (primary N) is 1. The number of nitrogens with zero attached hydrogens (tertiary/aromatic N) is 3. The number of methoxy groups -OCH3 is 3. The van der Waals surface area contributed by atoms with Gasteiger partial charge < -0.3 is 19.9 Å². The topological polar surface area (TPSA) is 123 Å². The van der Waals surface area contributed by atoms with Crippen molar-refractivity contribution in [2.75, 3.05) is 27.1 Å². The maximum absolute atomic E-state index is 10.8. The number of benzene rings is 2. The van der Waals surface area contributed by atoms with Crippen molar-refractivity contribution >= 4 is 11.6 Å². The summed E-state index contributed by atoms with van der Waals surface area (Å²) in [4.78, 5) is 18.9. The zero-order valence-corrected chi connectivity index (χ0v) is 15.5. The van der Waals surface area contributed by atoms with E-state index in [0.717, 1.165) is 0 Å². The Morgan fingerprint density at radius 3 is 1.86 bits per heavy atom. The fourth-order valence-corrected chi connectivity index (χ4v) is 2.74. The van der Waals surface area contributed by atoms with Gasteiger partial charge in [-0.15, -0.1) is 0 Å². The highest BCUT2D eigenvalue weighted by Crippen LogP contribution is 2.41. The molecule has 144 valence electrons. The van der Waals surface area contributed by atoms with Crippen LogP contribution in [0, 0.1) is 10.1 Å². The number of rotatable bonds is 6. The molecule has 0 aliphatic heterocycles. The Kier molecular flexibility index (Phi) is 5.25. The molecule has 2 aromatic carbocycles. The Morgan fingerprint density at radius 2 is 1.39 bits per heavy atom. The van der Waals surface area contributed by atoms with Crippen LogP contribution in [0.1, 0.15) is 0 Å². The van der Waals surface area contributed by atoms with Crippen molar-refractivity contribution in [3.05, 3.63) is 52.6 Å². The lowest BCUT2D eigenvalue weighted by Gasteiger charge is -2.14. The van der Waals surface area contributed by atoms with Gasteiger partial charge in [-0.1, -0.05) is 0 Å². The highest BCUT2D eigenvalue weighted by molar-refractivity contribution is 5.73. The lowest BCUT2D eigenvalue weighted by atomic mass is 10.1. The summed E-state index contributed by atoms with van der Waals surface area (Å²) < 4.78 is 16.1. The maximum atomic E-state index is 10.8. The van der Waals surface area contributed by atoms with Gasteiger partial charge in [0.05, 0.1) is 37.6 Å². The van der Waals surface area contributed by atoms with E-state index >= 15 is 0 Å². The van der Waals surface area contributed by atoms with E-state index in [9.17, 15) is 10.1 Å². The minimum absolute atomic E-state index is 0.00405. The van der Waals surface area contributed by atoms with E-state index < -0.39 is 4.92 Å². The van der Waals surface area contributed by atoms with Gasteiger partial charge in [-0.25, -0.2) is 9.97 Å². The normalized spacial score (nSPS) is 10.4. The molecule has 0 radical (unpaired) electrons. The highest BCUT2D eigenvalue weighted by Gasteiger charge is 2.16. The minimum atomic E-state index is -0.459. The van der Waals surface area contributed by atoms with Crippen LogP contribution >= 0.6 is 0 Å². The van der Waals surface area contributed by atoms with Crippen LogP contribution in [0.4, 0.5) is 11.6 Å². The number of nitro benzene ring substituents is 1. The molecule has 1 aromatic heterocycles. The summed E-state index contributed by atoms with van der Waals surface area (Å²) in [5.41, 5.74) is 8.32. The van der Waals surface area contributed by atoms with Gasteiger partial charge in [0.2, 0.25) is 11.7 Å². The number of nitrogen functional groups attached to an aromatic ring is 1. The molecule has 0 saturated heterocycles. The Hall–Kier alpha value is -3.88. The zero-order chi connectivity index (χ0) is 20.3. The first-order valence-electron chi connectivity index (χ1n) is 8.16. The summed E-state index contributed by atoms with van der Waals surface area (Å²) in [6.07, 6.45) is 0. The number of aromatic nitrogens is 2.